The van der Waals surface area contributed by atoms with Crippen LogP contribution < -0.4 is 10.6 Å². The van der Waals surface area contributed by atoms with Crippen LogP contribution >= 0.6 is 0 Å². The van der Waals surface area contributed by atoms with E-state index in [1.807, 2.05) is 31.3 Å². The van der Waals surface area contributed by atoms with E-state index in [9.17, 15) is 9.59 Å². The number of amides is 1. The Balaban J connectivity index is 1.92. The fourth-order valence-electron chi connectivity index (χ4n) is 2.21. The van der Waals surface area contributed by atoms with Crippen LogP contribution in [-0.2, 0) is 4.79 Å². The zero-order valence-electron chi connectivity index (χ0n) is 13.0. The Labute approximate surface area is 129 Å². The highest BCUT2D eigenvalue weighted by Gasteiger charge is 2.21. The van der Waals surface area contributed by atoms with Gasteiger partial charge in [-0.25, -0.2) is 0 Å². The lowest BCUT2D eigenvalue weighted by Gasteiger charge is -2.15. The average molecular weight is 301 g/mol. The number of hydrogen-bond acceptors (Lipinski definition) is 3. The predicted octanol–water partition coefficient (Wildman–Crippen LogP) is 2.13. The first-order valence-corrected chi connectivity index (χ1v) is 7.27. The molecule has 1 aromatic carbocycles. The summed E-state index contributed by atoms with van der Waals surface area (Å²) in [5.74, 6) is 0.756. The summed E-state index contributed by atoms with van der Waals surface area (Å²) in [6.45, 7) is 5.35. The minimum atomic E-state index is -0.257. The largest absolute Gasteiger partial charge is 0.463 e. The van der Waals surface area contributed by atoms with Crippen LogP contribution in [-0.4, -0.2) is 17.7 Å². The average Bonchev–Trinajstić information content (AvgIpc) is 3.02. The van der Waals surface area contributed by atoms with Crippen molar-refractivity contribution in [2.75, 3.05) is 5.32 Å². The molecule has 0 fully saturated rings. The number of quaternary nitrogens is 1. The predicted molar refractivity (Wildman–Crippen MR) is 83.6 cm³/mol. The smallest absolute Gasteiger partial charge is 0.282 e. The Kier molecular flexibility index (Phi) is 5.12. The van der Waals surface area contributed by atoms with Crippen LogP contribution in [0.4, 0.5) is 5.69 Å². The quantitative estimate of drug-likeness (QED) is 0.803. The van der Waals surface area contributed by atoms with Gasteiger partial charge in [-0.1, -0.05) is 0 Å². The lowest BCUT2D eigenvalue weighted by molar-refractivity contribution is -0.711. The molecule has 0 spiro atoms. The van der Waals surface area contributed by atoms with Crippen molar-refractivity contribution in [1.29, 1.82) is 0 Å². The molecule has 0 bridgehead atoms. The molecule has 2 rings (SSSR count). The third kappa shape index (κ3) is 4.05. The SMILES string of the molecule is CC(=O)c1ccc(NC(=O)[C@H](C)[NH2+][C@H](C)c2ccco2)cc1. The molecule has 0 saturated heterocycles. The van der Waals surface area contributed by atoms with Gasteiger partial charge in [0, 0.05) is 11.3 Å². The van der Waals surface area contributed by atoms with Crippen molar-refractivity contribution in [3.05, 3.63) is 54.0 Å². The van der Waals surface area contributed by atoms with Gasteiger partial charge in [-0.2, -0.15) is 0 Å². The van der Waals surface area contributed by atoms with Crippen LogP contribution in [0.1, 0.15) is 42.9 Å². The maximum absolute atomic E-state index is 12.2. The number of anilines is 1. The Hall–Kier alpha value is -2.40. The molecule has 2 aromatic rings. The van der Waals surface area contributed by atoms with Crippen molar-refractivity contribution in [2.45, 2.75) is 32.9 Å². The summed E-state index contributed by atoms with van der Waals surface area (Å²) in [5, 5.41) is 4.79. The second-order valence-electron chi connectivity index (χ2n) is 5.41. The number of nitrogens with two attached hydrogens (primary N) is 1. The molecule has 3 N–H and O–H groups in total. The van der Waals surface area contributed by atoms with Crippen LogP contribution in [0.3, 0.4) is 0 Å². The monoisotopic (exact) mass is 301 g/mol. The number of nitrogens with one attached hydrogen (secondary N) is 1. The lowest BCUT2D eigenvalue weighted by atomic mass is 10.1. The molecule has 2 atom stereocenters. The first-order valence-electron chi connectivity index (χ1n) is 7.27. The van der Waals surface area contributed by atoms with Crippen molar-refractivity contribution in [3.63, 3.8) is 0 Å². The second kappa shape index (κ2) is 7.04. The number of ketones is 1. The number of benzene rings is 1. The van der Waals surface area contributed by atoms with Crippen LogP contribution in [0.25, 0.3) is 0 Å². The molecule has 0 aliphatic rings. The molecule has 1 aromatic heterocycles. The Bertz CT molecular complexity index is 632. The van der Waals surface area contributed by atoms with Gasteiger partial charge in [0.05, 0.1) is 6.26 Å². The fraction of sp³-hybridized carbons (Fsp3) is 0.294. The van der Waals surface area contributed by atoms with Gasteiger partial charge >= 0.3 is 0 Å². The zero-order valence-corrected chi connectivity index (χ0v) is 13.0. The number of hydrogen-bond donors (Lipinski definition) is 2. The molecule has 0 saturated carbocycles. The molecular weight excluding hydrogens is 280 g/mol. The molecule has 0 aliphatic heterocycles. The summed E-state index contributed by atoms with van der Waals surface area (Å²) in [7, 11) is 0. The van der Waals surface area contributed by atoms with Crippen molar-refractivity contribution >= 4 is 17.4 Å². The molecule has 0 aliphatic carbocycles. The molecule has 1 heterocycles. The first-order chi connectivity index (χ1) is 10.5. The third-order valence-corrected chi connectivity index (χ3v) is 3.54. The zero-order chi connectivity index (χ0) is 16.1. The number of rotatable bonds is 6. The van der Waals surface area contributed by atoms with Gasteiger partial charge in [0.1, 0.15) is 6.04 Å². The summed E-state index contributed by atoms with van der Waals surface area (Å²) < 4.78 is 5.33. The van der Waals surface area contributed by atoms with Gasteiger partial charge in [0.25, 0.3) is 5.91 Å². The maximum atomic E-state index is 12.2. The highest BCUT2D eigenvalue weighted by atomic mass is 16.3. The van der Waals surface area contributed by atoms with Crippen LogP contribution in [0.15, 0.2) is 47.1 Å². The topological polar surface area (TPSA) is 75.9 Å². The highest BCUT2D eigenvalue weighted by molar-refractivity contribution is 5.96. The van der Waals surface area contributed by atoms with E-state index in [-0.39, 0.29) is 23.8 Å². The van der Waals surface area contributed by atoms with Gasteiger partial charge in [0.15, 0.2) is 17.6 Å². The standard InChI is InChI=1S/C17H20N2O3/c1-11(16-5-4-10-22-16)18-12(2)17(21)19-15-8-6-14(7-9-15)13(3)20/h4-12,18H,1-3H3,(H,19,21)/p+1/t11-,12+/m1/s1. The van der Waals surface area contributed by atoms with Gasteiger partial charge in [-0.15, -0.1) is 0 Å². The summed E-state index contributed by atoms with van der Waals surface area (Å²) in [6.07, 6.45) is 1.63. The van der Waals surface area contributed by atoms with E-state index < -0.39 is 0 Å². The van der Waals surface area contributed by atoms with E-state index in [4.69, 9.17) is 4.42 Å². The summed E-state index contributed by atoms with van der Waals surface area (Å²) in [4.78, 5) is 23.4. The van der Waals surface area contributed by atoms with Gasteiger partial charge in [0.2, 0.25) is 0 Å². The van der Waals surface area contributed by atoms with Crippen molar-refractivity contribution in [2.24, 2.45) is 0 Å². The molecule has 0 unspecified atom stereocenters. The molecule has 5 nitrogen and oxygen atoms in total. The maximum Gasteiger partial charge on any atom is 0.282 e. The van der Waals surface area contributed by atoms with E-state index in [0.29, 0.717) is 11.3 Å². The van der Waals surface area contributed by atoms with Crippen molar-refractivity contribution < 1.29 is 19.3 Å². The normalized spacial score (nSPS) is 13.4. The Morgan fingerprint density at radius 3 is 2.36 bits per heavy atom. The number of carbonyl (C=O) groups excluding carboxylic acids is 2. The van der Waals surface area contributed by atoms with E-state index in [1.54, 1.807) is 30.5 Å². The van der Waals surface area contributed by atoms with Crippen LogP contribution in [0, 0.1) is 0 Å². The minimum absolute atomic E-state index is 0.00634. The van der Waals surface area contributed by atoms with E-state index in [1.165, 1.54) is 6.92 Å². The fourth-order valence-corrected chi connectivity index (χ4v) is 2.21. The Morgan fingerprint density at radius 2 is 1.82 bits per heavy atom. The number of furan rings is 1. The van der Waals surface area contributed by atoms with Crippen LogP contribution in [0.2, 0.25) is 0 Å². The number of carbonyl (C=O) groups is 2. The highest BCUT2D eigenvalue weighted by Crippen LogP contribution is 2.11. The van der Waals surface area contributed by atoms with Crippen molar-refractivity contribution in [3.8, 4) is 0 Å². The molecular formula is C17H21N2O3+. The first kappa shape index (κ1) is 16.0. The summed E-state index contributed by atoms with van der Waals surface area (Å²) >= 11 is 0. The molecule has 22 heavy (non-hydrogen) atoms. The number of Topliss-reactive ketones (excluding diaryl/α,β-unsaturated/α-hetero) is 1. The summed E-state index contributed by atoms with van der Waals surface area (Å²) in [5.41, 5.74) is 1.31. The molecule has 116 valence electrons. The minimum Gasteiger partial charge on any atom is -0.463 e. The lowest BCUT2D eigenvalue weighted by Crippen LogP contribution is -2.91. The second-order valence-corrected chi connectivity index (χ2v) is 5.41. The van der Waals surface area contributed by atoms with E-state index >= 15 is 0 Å². The van der Waals surface area contributed by atoms with E-state index in [2.05, 4.69) is 5.32 Å². The third-order valence-electron chi connectivity index (χ3n) is 3.54. The molecule has 1 amide bonds. The van der Waals surface area contributed by atoms with Crippen LogP contribution in [0.5, 0.6) is 0 Å². The van der Waals surface area contributed by atoms with Gasteiger partial charge < -0.3 is 15.1 Å². The molecule has 0 radical (unpaired) electrons. The Morgan fingerprint density at radius 1 is 1.14 bits per heavy atom. The van der Waals surface area contributed by atoms with Gasteiger partial charge in [-0.05, 0) is 57.2 Å². The van der Waals surface area contributed by atoms with E-state index in [0.717, 1.165) is 5.76 Å². The summed E-state index contributed by atoms with van der Waals surface area (Å²) in [6, 6.07) is 10.4. The van der Waals surface area contributed by atoms with Crippen molar-refractivity contribution in [1.82, 2.24) is 0 Å². The molecule has 5 heteroatoms. The van der Waals surface area contributed by atoms with Gasteiger partial charge in [-0.3, -0.25) is 9.59 Å².